The summed E-state index contributed by atoms with van der Waals surface area (Å²) >= 11 is 4.58. The van der Waals surface area contributed by atoms with Crippen LogP contribution >= 0.6 is 27.7 Å². The van der Waals surface area contributed by atoms with Crippen molar-refractivity contribution in [1.29, 1.82) is 0 Å². The predicted molar refractivity (Wildman–Crippen MR) is 116 cm³/mol. The number of aliphatic imine (C=N–C) groups is 1. The number of halogens is 1. The van der Waals surface area contributed by atoms with Gasteiger partial charge in [-0.15, -0.1) is 0 Å². The summed E-state index contributed by atoms with van der Waals surface area (Å²) in [6, 6.07) is 6.06. The molecule has 29 heavy (non-hydrogen) atoms. The molecule has 1 fully saturated rings. The maximum Gasteiger partial charge on any atom is 0.274 e. The van der Waals surface area contributed by atoms with E-state index < -0.39 is 10.8 Å². The number of non-ortho nitro benzene ring substituents is 1. The molecule has 0 radical (unpaired) electrons. The molecule has 0 saturated carbocycles. The Morgan fingerprint density at radius 2 is 1.93 bits per heavy atom. The number of aryl methyl sites for hydroxylation is 2. The zero-order valence-corrected chi connectivity index (χ0v) is 18.1. The lowest BCUT2D eigenvalue weighted by Crippen LogP contribution is -2.19. The minimum atomic E-state index is -0.600. The Kier molecular flexibility index (Phi) is 5.94. The van der Waals surface area contributed by atoms with E-state index in [2.05, 4.69) is 26.2 Å². The molecule has 0 aliphatic carbocycles. The smallest absolute Gasteiger partial charge is 0.274 e. The first kappa shape index (κ1) is 20.9. The van der Waals surface area contributed by atoms with Crippen LogP contribution in [0.4, 0.5) is 11.4 Å². The van der Waals surface area contributed by atoms with Crippen LogP contribution in [0.2, 0.25) is 0 Å². The summed E-state index contributed by atoms with van der Waals surface area (Å²) in [7, 11) is 1.29. The molecule has 8 nitrogen and oxygen atoms in total. The van der Waals surface area contributed by atoms with Gasteiger partial charge in [-0.25, -0.2) is 4.99 Å². The fourth-order valence-electron chi connectivity index (χ4n) is 2.71. The minimum absolute atomic E-state index is 0.0517. The number of methoxy groups -OCH3 is 1. The normalized spacial score (nSPS) is 16.3. The number of nitrogens with one attached hydrogen (secondary N) is 1. The zero-order valence-electron chi connectivity index (χ0n) is 15.6. The molecule has 1 aliphatic heterocycles. The van der Waals surface area contributed by atoms with Gasteiger partial charge in [0, 0.05) is 16.1 Å². The van der Waals surface area contributed by atoms with E-state index in [4.69, 9.17) is 4.74 Å². The van der Waals surface area contributed by atoms with E-state index in [0.29, 0.717) is 10.9 Å². The summed E-state index contributed by atoms with van der Waals surface area (Å²) in [5.41, 5.74) is 2.56. The van der Waals surface area contributed by atoms with Crippen LogP contribution in [-0.2, 0) is 4.79 Å². The summed E-state index contributed by atoms with van der Waals surface area (Å²) in [6.07, 6.45) is 1.37. The number of amides is 1. The second kappa shape index (κ2) is 8.26. The predicted octanol–water partition coefficient (Wildman–Crippen LogP) is 4.58. The Morgan fingerprint density at radius 3 is 2.52 bits per heavy atom. The van der Waals surface area contributed by atoms with E-state index in [9.17, 15) is 20.0 Å². The monoisotopic (exact) mass is 477 g/mol. The first-order valence-corrected chi connectivity index (χ1v) is 9.92. The minimum Gasteiger partial charge on any atom is -0.504 e. The lowest BCUT2D eigenvalue weighted by Gasteiger charge is -2.06. The van der Waals surface area contributed by atoms with Crippen LogP contribution in [0.1, 0.15) is 16.7 Å². The lowest BCUT2D eigenvalue weighted by atomic mass is 10.1. The number of rotatable bonds is 4. The number of carbonyl (C=O) groups is 1. The topological polar surface area (TPSA) is 114 Å². The van der Waals surface area contributed by atoms with Gasteiger partial charge < -0.3 is 15.2 Å². The Bertz CT molecular complexity index is 1070. The number of aromatic hydroxyl groups is 1. The fraction of sp³-hybridized carbons (Fsp3) is 0.158. The summed E-state index contributed by atoms with van der Waals surface area (Å²) < 4.78 is 5.98. The number of nitro groups is 1. The Morgan fingerprint density at radius 1 is 1.28 bits per heavy atom. The largest absolute Gasteiger partial charge is 0.504 e. The van der Waals surface area contributed by atoms with Crippen LogP contribution < -0.4 is 10.1 Å². The van der Waals surface area contributed by atoms with Gasteiger partial charge in [0.15, 0.2) is 16.7 Å². The third kappa shape index (κ3) is 4.43. The number of phenolic OH excluding ortho intramolecular Hbond substituents is 1. The Hall–Kier alpha value is -2.85. The van der Waals surface area contributed by atoms with Gasteiger partial charge in [0.2, 0.25) is 0 Å². The van der Waals surface area contributed by atoms with Gasteiger partial charge in [-0.05, 0) is 54.9 Å². The summed E-state index contributed by atoms with van der Waals surface area (Å²) in [5, 5.41) is 24.4. The molecule has 150 valence electrons. The SMILES string of the molecule is COc1cc([N+](=O)[O-])cc(/C=C2\SC(=Nc3cc(C)c(Br)c(C)c3)NC2=O)c1O. The number of nitro benzene ring substituents is 1. The molecule has 0 unspecified atom stereocenters. The van der Waals surface area contributed by atoms with E-state index >= 15 is 0 Å². The standard InChI is InChI=1S/C19H16BrN3O5S/c1-9-4-12(5-10(2)16(9)20)21-19-22-18(25)15(29-19)7-11-6-13(23(26)27)8-14(28-3)17(11)24/h4-8,24H,1-3H3,(H,21,22,25)/b15-7-. The maximum absolute atomic E-state index is 12.3. The second-order valence-electron chi connectivity index (χ2n) is 6.22. The van der Waals surface area contributed by atoms with Crippen LogP contribution in [0, 0.1) is 24.0 Å². The van der Waals surface area contributed by atoms with E-state index in [1.165, 1.54) is 19.3 Å². The van der Waals surface area contributed by atoms with E-state index in [-0.39, 0.29) is 27.7 Å². The van der Waals surface area contributed by atoms with Gasteiger partial charge >= 0.3 is 0 Å². The summed E-state index contributed by atoms with van der Waals surface area (Å²) in [6.45, 7) is 3.90. The van der Waals surface area contributed by atoms with Crippen LogP contribution in [0.25, 0.3) is 6.08 Å². The molecule has 0 atom stereocenters. The van der Waals surface area contributed by atoms with Gasteiger partial charge in [0.05, 0.1) is 28.7 Å². The van der Waals surface area contributed by atoms with Crippen molar-refractivity contribution in [2.75, 3.05) is 7.11 Å². The molecular weight excluding hydrogens is 462 g/mol. The number of carbonyl (C=O) groups excluding carboxylic acids is 1. The number of thioether (sulfide) groups is 1. The average molecular weight is 478 g/mol. The van der Waals surface area contributed by atoms with Crippen LogP contribution in [0.15, 0.2) is 38.6 Å². The van der Waals surface area contributed by atoms with Crippen molar-refractivity contribution in [3.63, 3.8) is 0 Å². The van der Waals surface area contributed by atoms with Gasteiger partial charge in [-0.3, -0.25) is 14.9 Å². The molecule has 0 bridgehead atoms. The molecule has 1 aliphatic rings. The maximum atomic E-state index is 12.3. The third-order valence-electron chi connectivity index (χ3n) is 4.11. The number of hydrogen-bond acceptors (Lipinski definition) is 7. The third-order valence-corrected chi connectivity index (χ3v) is 6.27. The molecule has 2 N–H and O–H groups in total. The van der Waals surface area contributed by atoms with Gasteiger partial charge in [0.25, 0.3) is 11.6 Å². The summed E-state index contributed by atoms with van der Waals surface area (Å²) in [4.78, 5) is 27.5. The van der Waals surface area contributed by atoms with Crippen molar-refractivity contribution < 1.29 is 19.6 Å². The van der Waals surface area contributed by atoms with E-state index in [1.807, 2.05) is 26.0 Å². The van der Waals surface area contributed by atoms with Gasteiger partial charge in [0.1, 0.15) is 0 Å². The molecule has 0 spiro atoms. The molecule has 0 aromatic heterocycles. The number of benzene rings is 2. The molecule has 2 aromatic rings. The number of ether oxygens (including phenoxy) is 1. The van der Waals surface area contributed by atoms with Crippen molar-refractivity contribution in [1.82, 2.24) is 5.32 Å². The van der Waals surface area contributed by atoms with Crippen molar-refractivity contribution in [3.05, 3.63) is 60.4 Å². The molecular formula is C19H16BrN3O5S. The highest BCUT2D eigenvalue weighted by Crippen LogP contribution is 2.38. The Balaban J connectivity index is 1.96. The molecule has 1 saturated heterocycles. The molecule has 1 heterocycles. The summed E-state index contributed by atoms with van der Waals surface area (Å²) in [5.74, 6) is -0.753. The molecule has 1 amide bonds. The highest BCUT2D eigenvalue weighted by molar-refractivity contribution is 9.10. The number of phenols is 1. The number of hydrogen-bond donors (Lipinski definition) is 2. The highest BCUT2D eigenvalue weighted by atomic mass is 79.9. The van der Waals surface area contributed by atoms with Crippen LogP contribution in [0.3, 0.4) is 0 Å². The van der Waals surface area contributed by atoms with Crippen molar-refractivity contribution in [3.8, 4) is 11.5 Å². The van der Waals surface area contributed by atoms with Gasteiger partial charge in [-0.2, -0.15) is 0 Å². The molecule has 10 heteroatoms. The number of amidine groups is 1. The number of nitrogens with zero attached hydrogens (tertiary/aromatic N) is 2. The van der Waals surface area contributed by atoms with Crippen LogP contribution in [-0.4, -0.2) is 28.2 Å². The van der Waals surface area contributed by atoms with Crippen molar-refractivity contribution >= 4 is 56.2 Å². The molecule has 2 aromatic carbocycles. The van der Waals surface area contributed by atoms with E-state index in [0.717, 1.165) is 33.4 Å². The average Bonchev–Trinajstić information content (AvgIpc) is 2.99. The van der Waals surface area contributed by atoms with Crippen LogP contribution in [0.5, 0.6) is 11.5 Å². The van der Waals surface area contributed by atoms with Gasteiger partial charge in [-0.1, -0.05) is 15.9 Å². The highest BCUT2D eigenvalue weighted by Gasteiger charge is 2.25. The van der Waals surface area contributed by atoms with E-state index in [1.54, 1.807) is 0 Å². The molecule has 3 rings (SSSR count). The first-order valence-electron chi connectivity index (χ1n) is 8.31. The second-order valence-corrected chi connectivity index (χ2v) is 8.04. The van der Waals surface area contributed by atoms with Crippen molar-refractivity contribution in [2.24, 2.45) is 4.99 Å². The zero-order chi connectivity index (χ0) is 21.3. The lowest BCUT2D eigenvalue weighted by molar-refractivity contribution is -0.385. The first-order chi connectivity index (χ1) is 13.7. The van der Waals surface area contributed by atoms with Crippen molar-refractivity contribution in [2.45, 2.75) is 13.8 Å². The Labute approximate surface area is 179 Å². The quantitative estimate of drug-likeness (QED) is 0.378. The fourth-order valence-corrected chi connectivity index (χ4v) is 3.77.